The van der Waals surface area contributed by atoms with E-state index in [1.54, 1.807) is 10.9 Å². The summed E-state index contributed by atoms with van der Waals surface area (Å²) in [6.45, 7) is 2.74. The summed E-state index contributed by atoms with van der Waals surface area (Å²) in [7, 11) is 0. The number of alkyl halides is 1. The summed E-state index contributed by atoms with van der Waals surface area (Å²) in [5.41, 5.74) is 1.78. The Labute approximate surface area is 191 Å². The Kier molecular flexibility index (Phi) is 8.12. The van der Waals surface area contributed by atoms with Crippen LogP contribution in [0.4, 0.5) is 4.79 Å². The molecule has 2 atom stereocenters. The monoisotopic (exact) mass is 539 g/mol. The number of nitrogens with zero attached hydrogens (tertiary/aromatic N) is 2. The molecule has 160 valence electrons. The average molecular weight is 541 g/mol. The molecule has 0 spiro atoms. The van der Waals surface area contributed by atoms with Crippen LogP contribution < -0.4 is 10.1 Å². The Morgan fingerprint density at radius 1 is 1.27 bits per heavy atom. The molecule has 3 rings (SSSR count). The zero-order valence-electron chi connectivity index (χ0n) is 16.4. The van der Waals surface area contributed by atoms with Crippen molar-refractivity contribution >= 4 is 48.9 Å². The summed E-state index contributed by atoms with van der Waals surface area (Å²) >= 11 is 6.81. The molecule has 0 bridgehead atoms. The molecule has 30 heavy (non-hydrogen) atoms. The van der Waals surface area contributed by atoms with Gasteiger partial charge in [-0.3, -0.25) is 4.68 Å². The molecule has 1 aromatic heterocycles. The van der Waals surface area contributed by atoms with Gasteiger partial charge in [-0.05, 0) is 40.5 Å². The molecule has 9 heteroatoms. The van der Waals surface area contributed by atoms with Crippen molar-refractivity contribution in [2.24, 2.45) is 0 Å². The minimum atomic E-state index is -0.594. The number of rotatable bonds is 9. The topological polar surface area (TPSA) is 85.6 Å². The number of carbonyl (C=O) groups excluding carboxylic acids is 1. The molecule has 0 fully saturated rings. The molecule has 0 saturated heterocycles. The predicted octanol–water partition coefficient (Wildman–Crippen LogP) is 4.25. The van der Waals surface area contributed by atoms with Gasteiger partial charge in [0.15, 0.2) is 0 Å². The van der Waals surface area contributed by atoms with Crippen LogP contribution in [0.5, 0.6) is 5.75 Å². The van der Waals surface area contributed by atoms with Crippen molar-refractivity contribution < 1.29 is 19.4 Å². The quantitative estimate of drug-likeness (QED) is 0.396. The number of alkyl carbamates (subject to hydrolysis) is 1. The lowest BCUT2D eigenvalue weighted by Crippen LogP contribution is -2.36. The third kappa shape index (κ3) is 5.96. The standard InChI is InChI=1S/C21H23Br2N3O4/c1-14(25-21(28)30-12-15-5-3-2-4-6-15)11-26-20-16(10-24-26)7-8-18(19(20)23)29-13-17(27)9-22/h2-8,10,14,17,27H,9,11-13H2,1H3,(H,25,28)/t14-,17+/m0/s1. The first-order valence-corrected chi connectivity index (χ1v) is 11.4. The zero-order valence-corrected chi connectivity index (χ0v) is 19.6. The largest absolute Gasteiger partial charge is 0.490 e. The molecular weight excluding hydrogens is 518 g/mol. The lowest BCUT2D eigenvalue weighted by atomic mass is 10.2. The number of ether oxygens (including phenoxy) is 2. The van der Waals surface area contributed by atoms with Gasteiger partial charge in [0.2, 0.25) is 0 Å². The van der Waals surface area contributed by atoms with Gasteiger partial charge in [0.05, 0.1) is 28.8 Å². The summed E-state index contributed by atoms with van der Waals surface area (Å²) in [6.07, 6.45) is 0.691. The van der Waals surface area contributed by atoms with Gasteiger partial charge in [-0.15, -0.1) is 0 Å². The number of aliphatic hydroxyl groups excluding tert-OH is 1. The number of aliphatic hydroxyl groups is 1. The van der Waals surface area contributed by atoms with Crippen LogP contribution in [-0.4, -0.2) is 45.1 Å². The second-order valence-corrected chi connectivity index (χ2v) is 8.31. The molecule has 0 aliphatic rings. The number of halogens is 2. The highest BCUT2D eigenvalue weighted by molar-refractivity contribution is 9.10. The third-order valence-corrected chi connectivity index (χ3v) is 5.85. The Morgan fingerprint density at radius 3 is 2.77 bits per heavy atom. The Hall–Kier alpha value is -2.10. The van der Waals surface area contributed by atoms with Crippen LogP contribution in [0.25, 0.3) is 10.9 Å². The van der Waals surface area contributed by atoms with E-state index < -0.39 is 12.2 Å². The third-order valence-electron chi connectivity index (χ3n) is 4.34. The van der Waals surface area contributed by atoms with Crippen molar-refractivity contribution in [1.82, 2.24) is 15.1 Å². The molecule has 0 radical (unpaired) electrons. The van der Waals surface area contributed by atoms with Crippen molar-refractivity contribution in [3.05, 3.63) is 58.7 Å². The van der Waals surface area contributed by atoms with Crippen molar-refractivity contribution in [2.45, 2.75) is 32.2 Å². The molecule has 7 nitrogen and oxygen atoms in total. The molecule has 3 aromatic rings. The maximum Gasteiger partial charge on any atom is 0.407 e. The number of hydrogen-bond donors (Lipinski definition) is 2. The Morgan fingerprint density at radius 2 is 2.03 bits per heavy atom. The molecule has 2 aromatic carbocycles. The van der Waals surface area contributed by atoms with E-state index in [0.29, 0.717) is 17.6 Å². The number of carbonyl (C=O) groups is 1. The first-order chi connectivity index (χ1) is 14.5. The fourth-order valence-electron chi connectivity index (χ4n) is 2.87. The highest BCUT2D eigenvalue weighted by Gasteiger charge is 2.16. The second kappa shape index (κ2) is 10.8. The van der Waals surface area contributed by atoms with Crippen molar-refractivity contribution in [2.75, 3.05) is 11.9 Å². The second-order valence-electron chi connectivity index (χ2n) is 6.87. The molecule has 0 unspecified atom stereocenters. The van der Waals surface area contributed by atoms with Gasteiger partial charge in [0.1, 0.15) is 19.0 Å². The van der Waals surface area contributed by atoms with Crippen LogP contribution in [0.2, 0.25) is 0 Å². The molecule has 2 N–H and O–H groups in total. The van der Waals surface area contributed by atoms with E-state index in [4.69, 9.17) is 9.47 Å². The fourth-order valence-corrected chi connectivity index (χ4v) is 3.74. The highest BCUT2D eigenvalue weighted by atomic mass is 79.9. The molecule has 0 aliphatic heterocycles. The predicted molar refractivity (Wildman–Crippen MR) is 122 cm³/mol. The van der Waals surface area contributed by atoms with Crippen molar-refractivity contribution in [1.29, 1.82) is 0 Å². The number of aromatic nitrogens is 2. The minimum absolute atomic E-state index is 0.175. The zero-order chi connectivity index (χ0) is 21.5. The van der Waals surface area contributed by atoms with Crippen LogP contribution in [-0.2, 0) is 17.9 Å². The fraction of sp³-hybridized carbons (Fsp3) is 0.333. The summed E-state index contributed by atoms with van der Waals surface area (Å²) < 4.78 is 13.5. The van der Waals surface area contributed by atoms with Gasteiger partial charge in [-0.2, -0.15) is 5.10 Å². The van der Waals surface area contributed by atoms with Crippen molar-refractivity contribution in [3.8, 4) is 5.75 Å². The maximum absolute atomic E-state index is 12.1. The van der Waals surface area contributed by atoms with Gasteiger partial charge in [-0.25, -0.2) is 4.79 Å². The van der Waals surface area contributed by atoms with Crippen LogP contribution in [0.3, 0.4) is 0 Å². The normalized spacial score (nSPS) is 13.1. The highest BCUT2D eigenvalue weighted by Crippen LogP contribution is 2.33. The van der Waals surface area contributed by atoms with Gasteiger partial charge >= 0.3 is 6.09 Å². The molecule has 1 amide bonds. The summed E-state index contributed by atoms with van der Waals surface area (Å²) in [5, 5.41) is 18.3. The van der Waals surface area contributed by atoms with E-state index in [9.17, 15) is 9.90 Å². The Balaban J connectivity index is 1.62. The smallest absolute Gasteiger partial charge is 0.407 e. The van der Waals surface area contributed by atoms with E-state index >= 15 is 0 Å². The van der Waals surface area contributed by atoms with E-state index in [1.165, 1.54) is 0 Å². The van der Waals surface area contributed by atoms with Crippen LogP contribution in [0.15, 0.2) is 53.1 Å². The van der Waals surface area contributed by atoms with E-state index in [2.05, 4.69) is 42.3 Å². The average Bonchev–Trinajstić information content (AvgIpc) is 3.15. The number of hydrogen-bond acceptors (Lipinski definition) is 5. The van der Waals surface area contributed by atoms with Gasteiger partial charge in [0, 0.05) is 16.8 Å². The number of fused-ring (bicyclic) bond motifs is 1. The first kappa shape index (κ1) is 22.6. The van der Waals surface area contributed by atoms with Crippen LogP contribution in [0.1, 0.15) is 12.5 Å². The number of nitrogens with one attached hydrogen (secondary N) is 1. The summed E-state index contributed by atoms with van der Waals surface area (Å²) in [5.74, 6) is 0.618. The van der Waals surface area contributed by atoms with Crippen LogP contribution >= 0.6 is 31.9 Å². The molecule has 1 heterocycles. The summed E-state index contributed by atoms with van der Waals surface area (Å²) in [6, 6.07) is 13.1. The summed E-state index contributed by atoms with van der Waals surface area (Å²) in [4.78, 5) is 12.1. The van der Waals surface area contributed by atoms with Gasteiger partial charge in [0.25, 0.3) is 0 Å². The minimum Gasteiger partial charge on any atom is -0.490 e. The van der Waals surface area contributed by atoms with Gasteiger partial charge < -0.3 is 19.9 Å². The Bertz CT molecular complexity index is 981. The maximum atomic E-state index is 12.1. The van der Waals surface area contributed by atoms with E-state index in [0.717, 1.165) is 20.9 Å². The lowest BCUT2D eigenvalue weighted by Gasteiger charge is -2.16. The first-order valence-electron chi connectivity index (χ1n) is 9.46. The number of amides is 1. The molecule has 0 aliphatic carbocycles. The van der Waals surface area contributed by atoms with Crippen molar-refractivity contribution in [3.63, 3.8) is 0 Å². The van der Waals surface area contributed by atoms with E-state index in [-0.39, 0.29) is 19.3 Å². The molecule has 0 saturated carbocycles. The van der Waals surface area contributed by atoms with E-state index in [1.807, 2.05) is 49.4 Å². The SMILES string of the molecule is C[C@@H](Cn1ncc2ccc(OC[C@H](O)CBr)c(Br)c21)NC(=O)OCc1ccccc1. The number of benzene rings is 2. The lowest BCUT2D eigenvalue weighted by molar-refractivity contribution is 0.127. The van der Waals surface area contributed by atoms with Crippen LogP contribution in [0, 0.1) is 0 Å². The molecular formula is C21H23Br2N3O4. The van der Waals surface area contributed by atoms with Gasteiger partial charge in [-0.1, -0.05) is 46.3 Å².